The molecule has 1 aromatic carbocycles. The van der Waals surface area contributed by atoms with Gasteiger partial charge >= 0.3 is 5.97 Å². The van der Waals surface area contributed by atoms with E-state index in [1.165, 1.54) is 7.11 Å². The summed E-state index contributed by atoms with van der Waals surface area (Å²) in [6.07, 6.45) is 4.10. The van der Waals surface area contributed by atoms with Crippen LogP contribution >= 0.6 is 11.6 Å². The maximum atomic E-state index is 11.9. The summed E-state index contributed by atoms with van der Waals surface area (Å²) in [7, 11) is -0.646. The number of benzene rings is 1. The summed E-state index contributed by atoms with van der Waals surface area (Å²) in [5.74, 6) is -0.281. The Balaban J connectivity index is 3.09. The van der Waals surface area contributed by atoms with Crippen LogP contribution in [0.2, 0.25) is 23.2 Å². The van der Waals surface area contributed by atoms with E-state index < -0.39 is 13.9 Å². The molecule has 0 saturated carbocycles. The Bertz CT molecular complexity index is 588. The number of hydrogen-bond donors (Lipinski definition) is 0. The Hall–Kier alpha value is -1.10. The molecule has 5 heteroatoms. The minimum absolute atomic E-state index is 0.0541. The standard InChI is InChI=1S/C19H29ClO3Si/c1-18(2,3)24(6,7)23-19(4,14-17(21)22-5)13-12-15-8-10-16(20)11-9-15/h8-13H,14H2,1-7H3/b13-12+/t19-/m1/s1. The molecule has 24 heavy (non-hydrogen) atoms. The van der Waals surface area contributed by atoms with Gasteiger partial charge in [-0.15, -0.1) is 0 Å². The molecule has 0 fully saturated rings. The molecule has 0 saturated heterocycles. The van der Waals surface area contributed by atoms with Crippen LogP contribution in [0, 0.1) is 0 Å². The molecule has 134 valence electrons. The molecule has 1 atom stereocenters. The lowest BCUT2D eigenvalue weighted by molar-refractivity contribution is -0.143. The summed E-state index contributed by atoms with van der Waals surface area (Å²) < 4.78 is 11.4. The Labute approximate surface area is 152 Å². The number of carbonyl (C=O) groups is 1. The number of hydrogen-bond acceptors (Lipinski definition) is 3. The van der Waals surface area contributed by atoms with E-state index in [-0.39, 0.29) is 17.4 Å². The molecule has 0 aromatic heterocycles. The highest BCUT2D eigenvalue weighted by Crippen LogP contribution is 2.40. The Morgan fingerprint density at radius 1 is 1.17 bits per heavy atom. The first-order chi connectivity index (χ1) is 10.9. The van der Waals surface area contributed by atoms with E-state index in [0.29, 0.717) is 5.02 Å². The van der Waals surface area contributed by atoms with Gasteiger partial charge < -0.3 is 9.16 Å². The van der Waals surface area contributed by atoms with Gasteiger partial charge in [0.05, 0.1) is 19.1 Å². The number of ether oxygens (including phenoxy) is 1. The first-order valence-electron chi connectivity index (χ1n) is 8.10. The van der Waals surface area contributed by atoms with Crippen molar-refractivity contribution in [1.82, 2.24) is 0 Å². The van der Waals surface area contributed by atoms with Crippen molar-refractivity contribution in [2.45, 2.75) is 57.8 Å². The lowest BCUT2D eigenvalue weighted by Crippen LogP contribution is -2.48. The van der Waals surface area contributed by atoms with Gasteiger partial charge in [-0.25, -0.2) is 0 Å². The van der Waals surface area contributed by atoms with Crippen molar-refractivity contribution < 1.29 is 14.0 Å². The molecular formula is C19H29ClO3Si. The normalized spacial score (nSPS) is 15.3. The van der Waals surface area contributed by atoms with Crippen molar-refractivity contribution in [2.24, 2.45) is 0 Å². The van der Waals surface area contributed by atoms with Crippen LogP contribution in [0.15, 0.2) is 30.3 Å². The smallest absolute Gasteiger partial charge is 0.308 e. The van der Waals surface area contributed by atoms with Gasteiger partial charge in [0.25, 0.3) is 0 Å². The molecule has 0 heterocycles. The second-order valence-corrected chi connectivity index (χ2v) is 13.0. The van der Waals surface area contributed by atoms with Crippen molar-refractivity contribution >= 4 is 32.0 Å². The molecule has 0 aliphatic rings. The summed E-state index contributed by atoms with van der Waals surface area (Å²) >= 11 is 5.92. The first kappa shape index (κ1) is 20.9. The maximum Gasteiger partial charge on any atom is 0.308 e. The van der Waals surface area contributed by atoms with Crippen LogP contribution in [0.25, 0.3) is 6.08 Å². The second kappa shape index (κ2) is 7.85. The Morgan fingerprint density at radius 3 is 2.17 bits per heavy atom. The Kier molecular flexibility index (Phi) is 6.85. The first-order valence-corrected chi connectivity index (χ1v) is 11.4. The minimum atomic E-state index is -2.05. The molecule has 0 spiro atoms. The van der Waals surface area contributed by atoms with E-state index in [1.807, 2.05) is 43.3 Å². The molecule has 1 rings (SSSR count). The van der Waals surface area contributed by atoms with E-state index in [0.717, 1.165) is 5.56 Å². The summed E-state index contributed by atoms with van der Waals surface area (Å²) in [6, 6.07) is 7.55. The molecular weight excluding hydrogens is 340 g/mol. The summed E-state index contributed by atoms with van der Waals surface area (Å²) in [5, 5.41) is 0.750. The SMILES string of the molecule is COC(=O)C[C@@](C)(/C=C/c1ccc(Cl)cc1)O[Si](C)(C)C(C)(C)C. The van der Waals surface area contributed by atoms with E-state index >= 15 is 0 Å². The summed E-state index contributed by atoms with van der Waals surface area (Å²) in [6.45, 7) is 12.8. The highest BCUT2D eigenvalue weighted by Gasteiger charge is 2.43. The molecule has 0 radical (unpaired) electrons. The van der Waals surface area contributed by atoms with Crippen LogP contribution in [0.4, 0.5) is 0 Å². The van der Waals surface area contributed by atoms with E-state index in [4.69, 9.17) is 20.8 Å². The largest absolute Gasteiger partial charge is 0.469 e. The fourth-order valence-electron chi connectivity index (χ4n) is 2.07. The van der Waals surface area contributed by atoms with Gasteiger partial charge in [0, 0.05) is 5.02 Å². The van der Waals surface area contributed by atoms with Crippen LogP contribution in [0.5, 0.6) is 0 Å². The predicted octanol–water partition coefficient (Wildman–Crippen LogP) is 5.70. The number of halogens is 1. The third-order valence-electron chi connectivity index (χ3n) is 4.52. The van der Waals surface area contributed by atoms with Crippen LogP contribution in [-0.4, -0.2) is 27.0 Å². The summed E-state index contributed by atoms with van der Waals surface area (Å²) in [4.78, 5) is 11.9. The monoisotopic (exact) mass is 368 g/mol. The highest BCUT2D eigenvalue weighted by molar-refractivity contribution is 6.74. The minimum Gasteiger partial charge on any atom is -0.469 e. The van der Waals surface area contributed by atoms with Crippen molar-refractivity contribution in [3.05, 3.63) is 40.9 Å². The van der Waals surface area contributed by atoms with Gasteiger partial charge in [-0.2, -0.15) is 0 Å². The molecule has 0 aliphatic heterocycles. The number of esters is 1. The van der Waals surface area contributed by atoms with E-state index in [2.05, 4.69) is 33.9 Å². The van der Waals surface area contributed by atoms with Gasteiger partial charge in [0.1, 0.15) is 0 Å². The maximum absolute atomic E-state index is 11.9. The van der Waals surface area contributed by atoms with Crippen molar-refractivity contribution in [1.29, 1.82) is 0 Å². The van der Waals surface area contributed by atoms with Gasteiger partial charge in [0.15, 0.2) is 8.32 Å². The van der Waals surface area contributed by atoms with Gasteiger partial charge in [-0.05, 0) is 42.8 Å². The molecule has 0 N–H and O–H groups in total. The third kappa shape index (κ3) is 6.08. The highest BCUT2D eigenvalue weighted by atomic mass is 35.5. The van der Waals surface area contributed by atoms with Gasteiger partial charge in [-0.1, -0.05) is 56.7 Å². The van der Waals surface area contributed by atoms with Crippen LogP contribution in [0.1, 0.15) is 39.7 Å². The molecule has 0 aliphatic carbocycles. The van der Waals surface area contributed by atoms with E-state index in [1.54, 1.807) is 0 Å². The summed E-state index contributed by atoms with van der Waals surface area (Å²) in [5.41, 5.74) is 0.296. The Morgan fingerprint density at radius 2 is 1.71 bits per heavy atom. The van der Waals surface area contributed by atoms with Gasteiger partial charge in [0.2, 0.25) is 0 Å². The topological polar surface area (TPSA) is 35.5 Å². The van der Waals surface area contributed by atoms with Crippen molar-refractivity contribution in [3.8, 4) is 0 Å². The fraction of sp³-hybridized carbons (Fsp3) is 0.526. The van der Waals surface area contributed by atoms with Crippen molar-refractivity contribution in [2.75, 3.05) is 7.11 Å². The predicted molar refractivity (Wildman–Crippen MR) is 104 cm³/mol. The van der Waals surface area contributed by atoms with Gasteiger partial charge in [-0.3, -0.25) is 4.79 Å². The zero-order valence-electron chi connectivity index (χ0n) is 15.8. The van der Waals surface area contributed by atoms with Crippen LogP contribution in [-0.2, 0) is 14.0 Å². The third-order valence-corrected chi connectivity index (χ3v) is 9.36. The second-order valence-electron chi connectivity index (χ2n) is 7.81. The lowest BCUT2D eigenvalue weighted by atomic mass is 10.0. The average molecular weight is 369 g/mol. The fourth-order valence-corrected chi connectivity index (χ4v) is 3.81. The van der Waals surface area contributed by atoms with Crippen molar-refractivity contribution in [3.63, 3.8) is 0 Å². The molecule has 0 amide bonds. The molecule has 1 aromatic rings. The quantitative estimate of drug-likeness (QED) is 0.477. The lowest BCUT2D eigenvalue weighted by Gasteiger charge is -2.42. The zero-order chi connectivity index (χ0) is 18.6. The number of rotatable bonds is 6. The molecule has 0 unspecified atom stereocenters. The molecule has 0 bridgehead atoms. The number of methoxy groups -OCH3 is 1. The van der Waals surface area contributed by atoms with Crippen LogP contribution < -0.4 is 0 Å². The number of carbonyl (C=O) groups excluding carboxylic acids is 1. The van der Waals surface area contributed by atoms with E-state index in [9.17, 15) is 4.79 Å². The average Bonchev–Trinajstić information content (AvgIpc) is 2.44. The molecule has 3 nitrogen and oxygen atoms in total. The zero-order valence-corrected chi connectivity index (χ0v) is 17.5. The van der Waals surface area contributed by atoms with Crippen LogP contribution in [0.3, 0.4) is 0 Å².